The average Bonchev–Trinajstić information content (AvgIpc) is 3.08. The Morgan fingerprint density at radius 2 is 1.74 bits per heavy atom. The van der Waals surface area contributed by atoms with Crippen molar-refractivity contribution in [1.82, 2.24) is 4.90 Å². The number of hydrogen-bond acceptors (Lipinski definition) is 8. The van der Waals surface area contributed by atoms with Crippen LogP contribution in [0.5, 0.6) is 17.2 Å². The molecule has 3 rings (SSSR count). The fraction of sp³-hybridized carbons (Fsp3) is 0.346. The van der Waals surface area contributed by atoms with E-state index >= 15 is 0 Å². The zero-order valence-electron chi connectivity index (χ0n) is 20.5. The first kappa shape index (κ1) is 26.2. The molecular weight excluding hydrogens is 468 g/mol. The molecule has 1 N–H and O–H groups in total. The Bertz CT molecular complexity index is 1110. The van der Waals surface area contributed by atoms with Gasteiger partial charge in [0.1, 0.15) is 5.60 Å². The second-order valence-corrected chi connectivity index (χ2v) is 9.77. The van der Waals surface area contributed by atoms with Crippen molar-refractivity contribution in [2.24, 2.45) is 4.99 Å². The highest BCUT2D eigenvalue weighted by molar-refractivity contribution is 8.18. The van der Waals surface area contributed by atoms with Gasteiger partial charge in [0, 0.05) is 13.0 Å². The zero-order valence-corrected chi connectivity index (χ0v) is 21.3. The number of hydrogen-bond donors (Lipinski definition) is 1. The molecule has 1 aliphatic rings. The van der Waals surface area contributed by atoms with Gasteiger partial charge in [-0.05, 0) is 74.9 Å². The molecule has 0 atom stereocenters. The van der Waals surface area contributed by atoms with Crippen LogP contribution in [0.25, 0.3) is 6.08 Å². The maximum absolute atomic E-state index is 13.3. The summed E-state index contributed by atoms with van der Waals surface area (Å²) in [6, 6.07) is 12.6. The van der Waals surface area contributed by atoms with E-state index in [4.69, 9.17) is 14.2 Å². The van der Waals surface area contributed by atoms with Crippen LogP contribution in [-0.2, 0) is 14.3 Å². The molecule has 0 unspecified atom stereocenters. The third kappa shape index (κ3) is 7.02. The highest BCUT2D eigenvalue weighted by atomic mass is 32.2. The minimum Gasteiger partial charge on any atom is -0.502 e. The predicted molar refractivity (Wildman–Crippen MR) is 137 cm³/mol. The molecule has 1 aliphatic heterocycles. The minimum atomic E-state index is -0.557. The Morgan fingerprint density at radius 1 is 1.11 bits per heavy atom. The fourth-order valence-corrected chi connectivity index (χ4v) is 4.35. The normalized spacial score (nSPS) is 16.1. The van der Waals surface area contributed by atoms with E-state index in [0.717, 1.165) is 0 Å². The summed E-state index contributed by atoms with van der Waals surface area (Å²) >= 11 is 1.24. The van der Waals surface area contributed by atoms with Gasteiger partial charge in [0.25, 0.3) is 5.91 Å². The molecule has 1 fully saturated rings. The van der Waals surface area contributed by atoms with Crippen LogP contribution in [-0.4, -0.2) is 53.4 Å². The summed E-state index contributed by atoms with van der Waals surface area (Å²) in [6.07, 6.45) is 2.32. The first-order chi connectivity index (χ1) is 16.6. The number of nitrogens with zero attached hydrogens (tertiary/aromatic N) is 2. The Hall–Kier alpha value is -3.46. The van der Waals surface area contributed by atoms with E-state index in [1.807, 2.05) is 51.1 Å². The minimum absolute atomic E-state index is 0.113. The van der Waals surface area contributed by atoms with Gasteiger partial charge in [0.15, 0.2) is 16.7 Å². The number of amidine groups is 1. The number of esters is 1. The number of aliphatic imine (C=N–C) groups is 1. The van der Waals surface area contributed by atoms with Crippen molar-refractivity contribution < 1.29 is 28.9 Å². The second-order valence-electron chi connectivity index (χ2n) is 8.76. The molecule has 0 radical (unpaired) electrons. The molecular formula is C26H30N2O6S. The summed E-state index contributed by atoms with van der Waals surface area (Å²) in [5.41, 5.74) is 0.787. The molecule has 35 heavy (non-hydrogen) atoms. The number of carbonyl (C=O) groups is 2. The van der Waals surface area contributed by atoms with Gasteiger partial charge in [0.05, 0.1) is 24.8 Å². The van der Waals surface area contributed by atoms with E-state index in [1.165, 1.54) is 26.0 Å². The standard InChI is InChI=1S/C26H30N2O6S/c1-26(2,3)34-22(29)12-9-13-28-24(31)21(35-25(28)27-18-10-7-6-8-11-18)16-17-14-19(32-4)23(30)20(15-17)33-5/h6-8,10-11,14-16,30H,9,12-13H2,1-5H3/b21-16-,27-25-. The summed E-state index contributed by atoms with van der Waals surface area (Å²) in [7, 11) is 2.88. The van der Waals surface area contributed by atoms with Crippen LogP contribution in [0.1, 0.15) is 39.2 Å². The summed E-state index contributed by atoms with van der Waals surface area (Å²) in [4.78, 5) is 32.1. The van der Waals surface area contributed by atoms with Crippen LogP contribution in [0.2, 0.25) is 0 Å². The summed E-state index contributed by atoms with van der Waals surface area (Å²) in [5, 5.41) is 10.7. The van der Waals surface area contributed by atoms with Crippen molar-refractivity contribution in [2.75, 3.05) is 20.8 Å². The topological polar surface area (TPSA) is 97.7 Å². The number of thioether (sulfide) groups is 1. The number of rotatable bonds is 8. The lowest BCUT2D eigenvalue weighted by Crippen LogP contribution is -2.31. The van der Waals surface area contributed by atoms with Crippen molar-refractivity contribution >= 4 is 40.6 Å². The molecule has 2 aromatic rings. The van der Waals surface area contributed by atoms with Crippen LogP contribution in [0, 0.1) is 0 Å². The SMILES string of the molecule is COc1cc(/C=C2\S/C(=N\c3ccccc3)N(CCCC(=O)OC(C)(C)C)C2=O)cc(OC)c1O. The molecule has 0 aromatic heterocycles. The molecule has 1 heterocycles. The summed E-state index contributed by atoms with van der Waals surface area (Å²) in [6.45, 7) is 5.78. The maximum Gasteiger partial charge on any atom is 0.306 e. The first-order valence-electron chi connectivity index (χ1n) is 11.1. The number of phenols is 1. The summed E-state index contributed by atoms with van der Waals surface area (Å²) in [5.74, 6) is -0.173. The number of ether oxygens (including phenoxy) is 3. The monoisotopic (exact) mass is 498 g/mol. The number of methoxy groups -OCH3 is 2. The zero-order chi connectivity index (χ0) is 25.6. The van der Waals surface area contributed by atoms with Gasteiger partial charge in [-0.3, -0.25) is 14.5 Å². The molecule has 0 spiro atoms. The second kappa shape index (κ2) is 11.3. The number of amides is 1. The number of benzene rings is 2. The highest BCUT2D eigenvalue weighted by Gasteiger charge is 2.33. The average molecular weight is 499 g/mol. The van der Waals surface area contributed by atoms with Gasteiger partial charge in [0.2, 0.25) is 5.75 Å². The number of carbonyl (C=O) groups excluding carboxylic acids is 2. The Labute approximate surface area is 209 Å². The van der Waals surface area contributed by atoms with E-state index in [2.05, 4.69) is 4.99 Å². The lowest BCUT2D eigenvalue weighted by molar-refractivity contribution is -0.155. The van der Waals surface area contributed by atoms with Crippen molar-refractivity contribution in [2.45, 2.75) is 39.2 Å². The molecule has 0 aliphatic carbocycles. The van der Waals surface area contributed by atoms with Crippen molar-refractivity contribution in [3.63, 3.8) is 0 Å². The lowest BCUT2D eigenvalue weighted by Gasteiger charge is -2.20. The molecule has 0 bridgehead atoms. The van der Waals surface area contributed by atoms with Crippen LogP contribution < -0.4 is 9.47 Å². The quantitative estimate of drug-likeness (QED) is 0.398. The van der Waals surface area contributed by atoms with Gasteiger partial charge in [-0.15, -0.1) is 0 Å². The third-order valence-electron chi connectivity index (χ3n) is 4.85. The van der Waals surface area contributed by atoms with Crippen LogP contribution >= 0.6 is 11.8 Å². The Morgan fingerprint density at radius 3 is 2.31 bits per heavy atom. The maximum atomic E-state index is 13.3. The van der Waals surface area contributed by atoms with Crippen LogP contribution in [0.3, 0.4) is 0 Å². The predicted octanol–water partition coefficient (Wildman–Crippen LogP) is 5.14. The Kier molecular flexibility index (Phi) is 8.45. The Balaban J connectivity index is 1.87. The third-order valence-corrected chi connectivity index (χ3v) is 5.86. The van der Waals surface area contributed by atoms with Crippen molar-refractivity contribution in [3.05, 3.63) is 52.9 Å². The molecule has 1 amide bonds. The number of phenolic OH excluding ortho intramolecular Hbond substituents is 1. The van der Waals surface area contributed by atoms with Gasteiger partial charge < -0.3 is 19.3 Å². The largest absolute Gasteiger partial charge is 0.502 e. The smallest absolute Gasteiger partial charge is 0.306 e. The summed E-state index contributed by atoms with van der Waals surface area (Å²) < 4.78 is 15.8. The molecule has 9 heteroatoms. The highest BCUT2D eigenvalue weighted by Crippen LogP contribution is 2.40. The number of para-hydroxylation sites is 1. The molecule has 8 nitrogen and oxygen atoms in total. The molecule has 186 valence electrons. The van der Waals surface area contributed by atoms with Crippen molar-refractivity contribution in [1.29, 1.82) is 0 Å². The first-order valence-corrected chi connectivity index (χ1v) is 11.9. The molecule has 1 saturated heterocycles. The van der Waals surface area contributed by atoms with Crippen molar-refractivity contribution in [3.8, 4) is 17.2 Å². The van der Waals surface area contributed by atoms with Crippen LogP contribution in [0.4, 0.5) is 5.69 Å². The van der Waals surface area contributed by atoms with E-state index in [-0.39, 0.29) is 35.5 Å². The van der Waals surface area contributed by atoms with Gasteiger partial charge >= 0.3 is 5.97 Å². The lowest BCUT2D eigenvalue weighted by atomic mass is 10.1. The fourth-order valence-electron chi connectivity index (χ4n) is 3.32. The molecule has 2 aromatic carbocycles. The van der Waals surface area contributed by atoms with E-state index in [1.54, 1.807) is 23.1 Å². The van der Waals surface area contributed by atoms with Crippen LogP contribution in [0.15, 0.2) is 52.4 Å². The van der Waals surface area contributed by atoms with Gasteiger partial charge in [-0.1, -0.05) is 18.2 Å². The van der Waals surface area contributed by atoms with Gasteiger partial charge in [-0.2, -0.15) is 0 Å². The van der Waals surface area contributed by atoms with Gasteiger partial charge in [-0.25, -0.2) is 4.99 Å². The van der Waals surface area contributed by atoms with E-state index < -0.39 is 5.60 Å². The molecule has 0 saturated carbocycles. The number of aromatic hydroxyl groups is 1. The van der Waals surface area contributed by atoms with E-state index in [0.29, 0.717) is 34.3 Å². The van der Waals surface area contributed by atoms with E-state index in [9.17, 15) is 14.7 Å².